The van der Waals surface area contributed by atoms with Gasteiger partial charge in [-0.1, -0.05) is 32.0 Å². The van der Waals surface area contributed by atoms with E-state index in [4.69, 9.17) is 5.73 Å². The van der Waals surface area contributed by atoms with E-state index in [0.717, 1.165) is 0 Å². The van der Waals surface area contributed by atoms with Gasteiger partial charge in [0.2, 0.25) is 0 Å². The molecule has 0 spiro atoms. The molecule has 0 bridgehead atoms. The minimum atomic E-state index is 0.313. The van der Waals surface area contributed by atoms with Gasteiger partial charge >= 0.3 is 0 Å². The first-order chi connectivity index (χ1) is 8.13. The van der Waals surface area contributed by atoms with Gasteiger partial charge in [-0.25, -0.2) is 0 Å². The van der Waals surface area contributed by atoms with Crippen LogP contribution in [0.3, 0.4) is 0 Å². The third-order valence-electron chi connectivity index (χ3n) is 3.28. The predicted octanol–water partition coefficient (Wildman–Crippen LogP) is 2.87. The van der Waals surface area contributed by atoms with Crippen molar-refractivity contribution in [3.8, 4) is 0 Å². The Labute approximate surface area is 102 Å². The molecule has 1 heterocycles. The maximum Gasteiger partial charge on any atom is 0.0630 e. The largest absolute Gasteiger partial charge is 0.379 e. The molecule has 92 valence electrons. The minimum Gasteiger partial charge on any atom is -0.379 e. The molecule has 1 unspecified atom stereocenters. The van der Waals surface area contributed by atoms with E-state index in [1.165, 1.54) is 22.3 Å². The molecule has 17 heavy (non-hydrogen) atoms. The lowest BCUT2D eigenvalue weighted by atomic mass is 10.0. The van der Waals surface area contributed by atoms with E-state index in [2.05, 4.69) is 49.3 Å². The van der Waals surface area contributed by atoms with Crippen LogP contribution < -0.4 is 11.1 Å². The standard InChI is InChI=1S/C14H21N3/c1-9(2)13(8-15)17-14-10(3)16-12-7-5-4-6-11(12)14/h4-7,9,13,16-17H,8,15H2,1-3H3. The van der Waals surface area contributed by atoms with Gasteiger partial charge < -0.3 is 16.0 Å². The molecule has 1 atom stereocenters. The summed E-state index contributed by atoms with van der Waals surface area (Å²) in [5.74, 6) is 0.521. The number of fused-ring (bicyclic) bond motifs is 1. The van der Waals surface area contributed by atoms with Crippen LogP contribution in [0.25, 0.3) is 10.9 Å². The van der Waals surface area contributed by atoms with Crippen LogP contribution >= 0.6 is 0 Å². The molecule has 0 saturated heterocycles. The average molecular weight is 231 g/mol. The van der Waals surface area contributed by atoms with Crippen LogP contribution in [0.15, 0.2) is 24.3 Å². The number of anilines is 1. The van der Waals surface area contributed by atoms with E-state index in [0.29, 0.717) is 18.5 Å². The maximum absolute atomic E-state index is 5.81. The molecule has 0 aliphatic heterocycles. The average Bonchev–Trinajstić information content (AvgIpc) is 2.61. The zero-order valence-corrected chi connectivity index (χ0v) is 10.7. The van der Waals surface area contributed by atoms with Crippen LogP contribution in [0, 0.1) is 12.8 Å². The number of aromatic nitrogens is 1. The highest BCUT2D eigenvalue weighted by Gasteiger charge is 2.15. The molecule has 4 N–H and O–H groups in total. The monoisotopic (exact) mass is 231 g/mol. The molecule has 0 fully saturated rings. The molecule has 1 aromatic carbocycles. The van der Waals surface area contributed by atoms with Crippen LogP contribution in [-0.4, -0.2) is 17.6 Å². The second-order valence-electron chi connectivity index (χ2n) is 4.90. The van der Waals surface area contributed by atoms with Crippen LogP contribution in [0.4, 0.5) is 5.69 Å². The number of aryl methyl sites for hydroxylation is 1. The Balaban J connectivity index is 2.37. The topological polar surface area (TPSA) is 53.8 Å². The van der Waals surface area contributed by atoms with Crippen molar-refractivity contribution in [2.45, 2.75) is 26.8 Å². The summed E-state index contributed by atoms with van der Waals surface area (Å²) < 4.78 is 0. The summed E-state index contributed by atoms with van der Waals surface area (Å²) in [7, 11) is 0. The van der Waals surface area contributed by atoms with Crippen LogP contribution in [0.5, 0.6) is 0 Å². The van der Waals surface area contributed by atoms with Crippen molar-refractivity contribution in [1.29, 1.82) is 0 Å². The van der Waals surface area contributed by atoms with Crippen molar-refractivity contribution in [2.75, 3.05) is 11.9 Å². The number of H-pyrrole nitrogens is 1. The van der Waals surface area contributed by atoms with Gasteiger partial charge in [0.05, 0.1) is 5.69 Å². The Hall–Kier alpha value is -1.48. The van der Waals surface area contributed by atoms with Gasteiger partial charge in [-0.2, -0.15) is 0 Å². The van der Waals surface area contributed by atoms with Gasteiger partial charge in [-0.05, 0) is 18.9 Å². The molecule has 3 nitrogen and oxygen atoms in total. The Morgan fingerprint density at radius 2 is 2.00 bits per heavy atom. The Bertz CT molecular complexity index is 499. The van der Waals surface area contributed by atoms with E-state index < -0.39 is 0 Å². The first-order valence-electron chi connectivity index (χ1n) is 6.17. The van der Waals surface area contributed by atoms with Crippen molar-refractivity contribution in [2.24, 2.45) is 11.7 Å². The van der Waals surface area contributed by atoms with Crippen molar-refractivity contribution in [3.63, 3.8) is 0 Å². The molecular formula is C14H21N3. The third kappa shape index (κ3) is 2.29. The van der Waals surface area contributed by atoms with Gasteiger partial charge in [0.25, 0.3) is 0 Å². The third-order valence-corrected chi connectivity index (χ3v) is 3.28. The second kappa shape index (κ2) is 4.80. The summed E-state index contributed by atoms with van der Waals surface area (Å²) in [4.78, 5) is 3.39. The van der Waals surface area contributed by atoms with Gasteiger partial charge in [-0.3, -0.25) is 0 Å². The number of rotatable bonds is 4. The maximum atomic E-state index is 5.81. The van der Waals surface area contributed by atoms with Crippen LogP contribution in [0.1, 0.15) is 19.5 Å². The van der Waals surface area contributed by atoms with Crippen LogP contribution in [0.2, 0.25) is 0 Å². The first-order valence-corrected chi connectivity index (χ1v) is 6.17. The number of hydrogen-bond donors (Lipinski definition) is 3. The normalized spacial score (nSPS) is 13.2. The smallest absolute Gasteiger partial charge is 0.0630 e. The fraction of sp³-hybridized carbons (Fsp3) is 0.429. The summed E-state index contributed by atoms with van der Waals surface area (Å²) >= 11 is 0. The number of nitrogens with two attached hydrogens (primary N) is 1. The fourth-order valence-electron chi connectivity index (χ4n) is 2.15. The van der Waals surface area contributed by atoms with E-state index >= 15 is 0 Å². The Kier molecular flexibility index (Phi) is 3.38. The molecule has 0 aliphatic rings. The first kappa shape index (κ1) is 12.0. The molecule has 0 saturated carbocycles. The van der Waals surface area contributed by atoms with Gasteiger partial charge in [-0.15, -0.1) is 0 Å². The highest BCUT2D eigenvalue weighted by Crippen LogP contribution is 2.28. The van der Waals surface area contributed by atoms with Gasteiger partial charge in [0.1, 0.15) is 0 Å². The summed E-state index contributed by atoms with van der Waals surface area (Å²) in [6.45, 7) is 7.12. The van der Waals surface area contributed by atoms with E-state index in [9.17, 15) is 0 Å². The SMILES string of the molecule is Cc1[nH]c2ccccc2c1NC(CN)C(C)C. The van der Waals surface area contributed by atoms with Gasteiger partial charge in [0, 0.05) is 29.2 Å². The summed E-state index contributed by atoms with van der Waals surface area (Å²) in [5, 5.41) is 4.80. The zero-order valence-electron chi connectivity index (χ0n) is 10.7. The number of nitrogens with one attached hydrogen (secondary N) is 2. The molecule has 2 aromatic rings. The highest BCUT2D eigenvalue weighted by atomic mass is 15.0. The Morgan fingerprint density at radius 3 is 2.65 bits per heavy atom. The fourth-order valence-corrected chi connectivity index (χ4v) is 2.15. The summed E-state index contributed by atoms with van der Waals surface area (Å²) in [5.41, 5.74) is 9.34. The van der Waals surface area contributed by atoms with E-state index in [1.54, 1.807) is 0 Å². The highest BCUT2D eigenvalue weighted by molar-refractivity contribution is 5.94. The molecule has 0 amide bonds. The molecule has 1 aromatic heterocycles. The van der Waals surface area contributed by atoms with Gasteiger partial charge in [0.15, 0.2) is 0 Å². The van der Waals surface area contributed by atoms with E-state index in [1.807, 2.05) is 6.07 Å². The number of benzene rings is 1. The molecular weight excluding hydrogens is 210 g/mol. The molecule has 3 heteroatoms. The summed E-state index contributed by atoms with van der Waals surface area (Å²) in [6.07, 6.45) is 0. The number of hydrogen-bond acceptors (Lipinski definition) is 2. The lowest BCUT2D eigenvalue weighted by Gasteiger charge is -2.22. The van der Waals surface area contributed by atoms with E-state index in [-0.39, 0.29) is 0 Å². The van der Waals surface area contributed by atoms with Crippen molar-refractivity contribution in [3.05, 3.63) is 30.0 Å². The lowest BCUT2D eigenvalue weighted by molar-refractivity contribution is 0.532. The second-order valence-corrected chi connectivity index (χ2v) is 4.90. The predicted molar refractivity (Wildman–Crippen MR) is 74.3 cm³/mol. The number of aromatic amines is 1. The number of para-hydroxylation sites is 1. The van der Waals surface area contributed by atoms with Crippen molar-refractivity contribution in [1.82, 2.24) is 4.98 Å². The molecule has 0 radical (unpaired) electrons. The summed E-state index contributed by atoms with van der Waals surface area (Å²) in [6, 6.07) is 8.65. The van der Waals surface area contributed by atoms with Crippen molar-refractivity contribution >= 4 is 16.6 Å². The molecule has 2 rings (SSSR count). The van der Waals surface area contributed by atoms with Crippen LogP contribution in [-0.2, 0) is 0 Å². The Morgan fingerprint density at radius 1 is 1.29 bits per heavy atom. The lowest BCUT2D eigenvalue weighted by Crippen LogP contribution is -2.33. The minimum absolute atomic E-state index is 0.313. The quantitative estimate of drug-likeness (QED) is 0.758. The zero-order chi connectivity index (χ0) is 12.4. The molecule has 0 aliphatic carbocycles. The van der Waals surface area contributed by atoms with Crippen molar-refractivity contribution < 1.29 is 0 Å².